The minimum Gasteiger partial charge on any atom is -0.474 e. The summed E-state index contributed by atoms with van der Waals surface area (Å²) in [5.41, 5.74) is 4.87. The van der Waals surface area contributed by atoms with Gasteiger partial charge in [0.05, 0.1) is 23.9 Å². The minimum absolute atomic E-state index is 0.0357. The molecule has 3 aliphatic heterocycles. The molecule has 0 saturated carbocycles. The van der Waals surface area contributed by atoms with E-state index in [4.69, 9.17) is 15.2 Å². The van der Waals surface area contributed by atoms with Crippen LogP contribution in [0, 0.1) is 18.6 Å². The Morgan fingerprint density at radius 1 is 1.15 bits per heavy atom. The summed E-state index contributed by atoms with van der Waals surface area (Å²) in [5, 5.41) is 6.64. The molecule has 0 radical (unpaired) electrons. The van der Waals surface area contributed by atoms with Crippen molar-refractivity contribution in [3.05, 3.63) is 29.3 Å². The van der Waals surface area contributed by atoms with Crippen LogP contribution in [-0.2, 0) is 0 Å². The molecule has 3 aromatic rings. The van der Waals surface area contributed by atoms with Gasteiger partial charge in [-0.15, -0.1) is 0 Å². The maximum absolute atomic E-state index is 16.3. The predicted octanol–water partition coefficient (Wildman–Crippen LogP) is 3.90. The second kappa shape index (κ2) is 9.88. The number of nitrogens with zero attached hydrogens (tertiary/aromatic N) is 4. The SMILES string of the molecule is Cc1cc(N)c(F)c(-c2nc3c4c(nc(OC[C@@]56CCN5CC(F)(F)C6)nc4c2F)NCCNCC[C@H](C)O3)c1. The summed E-state index contributed by atoms with van der Waals surface area (Å²) < 4.78 is 71.8. The minimum atomic E-state index is -2.80. The molecule has 2 aromatic heterocycles. The highest BCUT2D eigenvalue weighted by atomic mass is 19.3. The molecule has 6 rings (SSSR count). The van der Waals surface area contributed by atoms with Gasteiger partial charge in [-0.2, -0.15) is 9.97 Å². The molecule has 0 amide bonds. The van der Waals surface area contributed by atoms with Crippen LogP contribution in [-0.4, -0.2) is 76.7 Å². The summed E-state index contributed by atoms with van der Waals surface area (Å²) >= 11 is 0. The van der Waals surface area contributed by atoms with Crippen molar-refractivity contribution in [2.45, 2.75) is 50.7 Å². The normalized spacial score (nSPS) is 24.4. The molecular weight excluding hydrogens is 530 g/mol. The van der Waals surface area contributed by atoms with Gasteiger partial charge in [0, 0.05) is 31.6 Å². The zero-order valence-electron chi connectivity index (χ0n) is 22.3. The zero-order chi connectivity index (χ0) is 28.2. The summed E-state index contributed by atoms with van der Waals surface area (Å²) in [5.74, 6) is -4.27. The largest absolute Gasteiger partial charge is 0.474 e. The fourth-order valence-electron chi connectivity index (χ4n) is 5.76. The lowest BCUT2D eigenvalue weighted by Gasteiger charge is -2.46. The van der Waals surface area contributed by atoms with Crippen LogP contribution in [0.5, 0.6) is 11.9 Å². The number of nitrogen functional groups attached to an aromatic ring is 1. The summed E-state index contributed by atoms with van der Waals surface area (Å²) in [6.45, 7) is 5.45. The van der Waals surface area contributed by atoms with Crippen molar-refractivity contribution in [2.75, 3.05) is 50.4 Å². The molecule has 40 heavy (non-hydrogen) atoms. The first-order chi connectivity index (χ1) is 19.1. The number of halogens is 4. The summed E-state index contributed by atoms with van der Waals surface area (Å²) in [6.07, 6.45) is 0.557. The van der Waals surface area contributed by atoms with Crippen molar-refractivity contribution in [3.8, 4) is 23.1 Å². The van der Waals surface area contributed by atoms with E-state index in [2.05, 4.69) is 25.6 Å². The quantitative estimate of drug-likeness (QED) is 0.323. The third-order valence-corrected chi connectivity index (χ3v) is 7.86. The van der Waals surface area contributed by atoms with Crippen LogP contribution in [0.25, 0.3) is 22.2 Å². The van der Waals surface area contributed by atoms with Crippen LogP contribution in [0.2, 0.25) is 0 Å². The topological polar surface area (TPSA) is 110 Å². The Bertz CT molecular complexity index is 1470. The second-order valence-corrected chi connectivity index (χ2v) is 11.0. The van der Waals surface area contributed by atoms with Gasteiger partial charge in [-0.05, 0) is 50.9 Å². The van der Waals surface area contributed by atoms with Gasteiger partial charge in [-0.25, -0.2) is 22.5 Å². The molecule has 13 heteroatoms. The molecule has 2 saturated heterocycles. The summed E-state index contributed by atoms with van der Waals surface area (Å²) in [4.78, 5) is 14.9. The van der Waals surface area contributed by atoms with Crippen LogP contribution in [0.3, 0.4) is 0 Å². The molecule has 1 aromatic carbocycles. The fraction of sp³-hybridized carbons (Fsp3) is 0.519. The Balaban J connectivity index is 1.48. The number of benzene rings is 1. The van der Waals surface area contributed by atoms with Crippen molar-refractivity contribution >= 4 is 22.4 Å². The van der Waals surface area contributed by atoms with E-state index in [1.165, 1.54) is 12.1 Å². The maximum Gasteiger partial charge on any atom is 0.319 e. The molecule has 0 spiro atoms. The summed E-state index contributed by atoms with van der Waals surface area (Å²) in [6, 6.07) is 2.72. The first kappa shape index (κ1) is 26.8. The number of rotatable bonds is 4. The van der Waals surface area contributed by atoms with Crippen LogP contribution in [0.15, 0.2) is 12.1 Å². The number of alkyl halides is 2. The number of pyridine rings is 1. The van der Waals surface area contributed by atoms with Crippen molar-refractivity contribution in [1.29, 1.82) is 0 Å². The van der Waals surface area contributed by atoms with E-state index in [-0.39, 0.29) is 71.2 Å². The molecular formula is C27H31F4N7O2. The second-order valence-electron chi connectivity index (χ2n) is 11.0. The molecule has 0 aliphatic carbocycles. The van der Waals surface area contributed by atoms with E-state index in [0.29, 0.717) is 44.6 Å². The molecule has 2 atom stereocenters. The molecule has 2 fully saturated rings. The highest BCUT2D eigenvalue weighted by Gasteiger charge is 2.60. The molecule has 0 bridgehead atoms. The number of aromatic nitrogens is 3. The predicted molar refractivity (Wildman–Crippen MR) is 142 cm³/mol. The number of nitrogens with one attached hydrogen (secondary N) is 2. The maximum atomic E-state index is 16.3. The molecule has 4 N–H and O–H groups in total. The highest BCUT2D eigenvalue weighted by Crippen LogP contribution is 2.47. The molecule has 9 nitrogen and oxygen atoms in total. The van der Waals surface area contributed by atoms with E-state index in [1.54, 1.807) is 11.8 Å². The third kappa shape index (κ3) is 4.74. The molecule has 0 unspecified atom stereocenters. The molecule has 5 heterocycles. The van der Waals surface area contributed by atoms with E-state index < -0.39 is 23.1 Å². The van der Waals surface area contributed by atoms with Crippen LogP contribution < -0.4 is 25.8 Å². The Kier molecular flexibility index (Phi) is 6.61. The Hall–Kier alpha value is -3.45. The van der Waals surface area contributed by atoms with Gasteiger partial charge in [0.25, 0.3) is 5.92 Å². The van der Waals surface area contributed by atoms with E-state index in [9.17, 15) is 8.78 Å². The van der Waals surface area contributed by atoms with E-state index >= 15 is 8.78 Å². The average molecular weight is 562 g/mol. The molecule has 3 aliphatic rings. The monoisotopic (exact) mass is 561 g/mol. The number of fused-ring (bicyclic) bond motifs is 1. The van der Waals surface area contributed by atoms with Gasteiger partial charge in [-0.1, -0.05) is 0 Å². The molecule has 214 valence electrons. The summed E-state index contributed by atoms with van der Waals surface area (Å²) in [7, 11) is 0. The van der Waals surface area contributed by atoms with Gasteiger partial charge >= 0.3 is 6.01 Å². The van der Waals surface area contributed by atoms with Gasteiger partial charge in [0.15, 0.2) is 11.6 Å². The number of ether oxygens (including phenoxy) is 2. The lowest BCUT2D eigenvalue weighted by molar-refractivity contribution is -0.0132. The first-order valence-electron chi connectivity index (χ1n) is 13.4. The van der Waals surface area contributed by atoms with Crippen molar-refractivity contribution in [3.63, 3.8) is 0 Å². The van der Waals surface area contributed by atoms with Crippen LogP contribution in [0.4, 0.5) is 29.1 Å². The number of aryl methyl sites for hydroxylation is 1. The highest BCUT2D eigenvalue weighted by molar-refractivity contribution is 5.96. The number of nitrogens with two attached hydrogens (primary N) is 1. The lowest BCUT2D eigenvalue weighted by atomic mass is 9.85. The number of anilines is 2. The lowest BCUT2D eigenvalue weighted by Crippen LogP contribution is -2.59. The fourth-order valence-corrected chi connectivity index (χ4v) is 5.76. The number of hydrogen-bond donors (Lipinski definition) is 3. The third-order valence-electron chi connectivity index (χ3n) is 7.86. The first-order valence-corrected chi connectivity index (χ1v) is 13.4. The van der Waals surface area contributed by atoms with E-state index in [1.807, 2.05) is 6.92 Å². The van der Waals surface area contributed by atoms with E-state index in [0.717, 1.165) is 0 Å². The van der Waals surface area contributed by atoms with Gasteiger partial charge in [-0.3, -0.25) is 4.90 Å². The Labute approximate surface area is 228 Å². The van der Waals surface area contributed by atoms with Crippen molar-refractivity contribution in [2.24, 2.45) is 0 Å². The number of hydrogen-bond acceptors (Lipinski definition) is 9. The Morgan fingerprint density at radius 2 is 1.98 bits per heavy atom. The van der Waals surface area contributed by atoms with Crippen molar-refractivity contribution < 1.29 is 27.0 Å². The Morgan fingerprint density at radius 3 is 2.73 bits per heavy atom. The van der Waals surface area contributed by atoms with Gasteiger partial charge < -0.3 is 25.8 Å². The average Bonchev–Trinajstić information content (AvgIpc) is 3.05. The van der Waals surface area contributed by atoms with Crippen LogP contribution >= 0.6 is 0 Å². The standard InChI is InChI=1S/C27H31F4N7O2/c1-14-9-16(19(28)17(32)10-14)21-20(29)22-18-23(34-7-6-33-5-3-15(2)40-24(18)35-21)37-25(36-22)39-13-26-4-8-38(26)12-27(30,31)11-26/h9-10,15,33H,3-8,11-13,32H2,1-2H3,(H,34,36,37)/t15-,26-/m0/s1. The van der Waals surface area contributed by atoms with Crippen molar-refractivity contribution in [1.82, 2.24) is 25.2 Å². The van der Waals surface area contributed by atoms with Gasteiger partial charge in [0.1, 0.15) is 29.0 Å². The van der Waals surface area contributed by atoms with Gasteiger partial charge in [0.2, 0.25) is 5.88 Å². The zero-order valence-corrected chi connectivity index (χ0v) is 22.3. The van der Waals surface area contributed by atoms with Crippen LogP contribution in [0.1, 0.15) is 31.7 Å². The smallest absolute Gasteiger partial charge is 0.319 e.